The summed E-state index contributed by atoms with van der Waals surface area (Å²) in [5.74, 6) is -24.7. The summed E-state index contributed by atoms with van der Waals surface area (Å²) in [5.41, 5.74) is 0. The molecule has 0 bridgehead atoms. The fourth-order valence-electron chi connectivity index (χ4n) is 2.23. The van der Waals surface area contributed by atoms with E-state index in [1.807, 2.05) is 0 Å². The Kier molecular flexibility index (Phi) is 11.7. The fraction of sp³-hybridized carbons (Fsp3) is 0.400. The van der Waals surface area contributed by atoms with E-state index in [0.29, 0.717) is 0 Å². The number of benzene rings is 2. The van der Waals surface area contributed by atoms with E-state index >= 15 is 0 Å². The van der Waals surface area contributed by atoms with Gasteiger partial charge in [0.05, 0.1) is 52.9 Å². The molecule has 2 aliphatic heterocycles. The van der Waals surface area contributed by atoms with Gasteiger partial charge >= 0.3 is 126 Å². The zero-order chi connectivity index (χ0) is 26.1. The monoisotopic (exact) mass is 568 g/mol. The Morgan fingerprint density at radius 2 is 0.486 bits per heavy atom. The standard InChI is InChI=1S/2C6F5.2C4H8O2.Ni/c2*7-2-1-3(8)5(10)6(11)4(2)9;2*1-2-6-4-3-5-1;/h;;2*1-4H2;. The molecule has 2 saturated heterocycles. The summed E-state index contributed by atoms with van der Waals surface area (Å²) in [6, 6.07) is 0. The van der Waals surface area contributed by atoms with E-state index in [9.17, 15) is 43.9 Å². The Hall–Kier alpha value is -1.93. The SMILES string of the molecule is C1COCCO1.C1COCCO1.Fc1c(F)c(F)[c]([Ni][c]2c(F)c(F)c(F)c(F)c2F)c(F)c1F. The van der Waals surface area contributed by atoms with E-state index in [1.54, 1.807) is 0 Å². The topological polar surface area (TPSA) is 36.9 Å². The summed E-state index contributed by atoms with van der Waals surface area (Å²) in [4.78, 5) is 0. The molecule has 0 aromatic heterocycles. The van der Waals surface area contributed by atoms with Crippen LogP contribution in [0.2, 0.25) is 0 Å². The van der Waals surface area contributed by atoms with Gasteiger partial charge < -0.3 is 18.9 Å². The molecule has 0 saturated carbocycles. The van der Waals surface area contributed by atoms with Gasteiger partial charge in [-0.05, 0) is 0 Å². The number of hydrogen-bond acceptors (Lipinski definition) is 4. The van der Waals surface area contributed by atoms with Crippen LogP contribution in [-0.2, 0) is 33.4 Å². The molecule has 0 amide bonds. The Morgan fingerprint density at radius 3 is 0.657 bits per heavy atom. The summed E-state index contributed by atoms with van der Waals surface area (Å²) in [6.07, 6.45) is 0. The van der Waals surface area contributed by atoms with Crippen LogP contribution >= 0.6 is 0 Å². The molecule has 2 fully saturated rings. The summed E-state index contributed by atoms with van der Waals surface area (Å²) in [7, 11) is 0. The third-order valence-corrected chi connectivity index (χ3v) is 5.27. The average Bonchev–Trinajstić information content (AvgIpc) is 2.91. The molecule has 2 aromatic rings. The van der Waals surface area contributed by atoms with E-state index in [-0.39, 0.29) is 0 Å². The third-order valence-electron chi connectivity index (χ3n) is 3.90. The quantitative estimate of drug-likeness (QED) is 0.241. The normalized spacial score (nSPS) is 15.7. The predicted octanol–water partition coefficient (Wildman–Crippen LogP) is 3.18. The van der Waals surface area contributed by atoms with Gasteiger partial charge in [0.25, 0.3) is 0 Å². The molecule has 0 spiro atoms. The second-order valence-corrected chi connectivity index (χ2v) is 7.47. The first-order valence-electron chi connectivity index (χ1n) is 9.52. The van der Waals surface area contributed by atoms with Crippen molar-refractivity contribution in [1.82, 2.24) is 0 Å². The molecule has 15 heteroatoms. The Morgan fingerprint density at radius 1 is 0.314 bits per heavy atom. The minimum absolute atomic E-state index is 0.778. The van der Waals surface area contributed by atoms with Gasteiger partial charge in [-0.3, -0.25) is 0 Å². The first kappa shape index (κ1) is 29.3. The van der Waals surface area contributed by atoms with Crippen molar-refractivity contribution < 1.29 is 77.3 Å². The van der Waals surface area contributed by atoms with E-state index in [2.05, 4.69) is 0 Å². The average molecular weight is 569 g/mol. The van der Waals surface area contributed by atoms with Crippen molar-refractivity contribution in [2.45, 2.75) is 0 Å². The second kappa shape index (κ2) is 14.0. The molecule has 0 atom stereocenters. The van der Waals surface area contributed by atoms with Crippen LogP contribution in [0.4, 0.5) is 43.9 Å². The zero-order valence-corrected chi connectivity index (χ0v) is 18.4. The van der Waals surface area contributed by atoms with Gasteiger partial charge in [0.2, 0.25) is 0 Å². The Bertz CT molecular complexity index is 856. The minimum atomic E-state index is -2.54. The van der Waals surface area contributed by atoms with Gasteiger partial charge in [-0.1, -0.05) is 0 Å². The molecule has 0 N–H and O–H groups in total. The van der Waals surface area contributed by atoms with Crippen LogP contribution in [0.15, 0.2) is 0 Å². The van der Waals surface area contributed by atoms with Gasteiger partial charge in [0.15, 0.2) is 0 Å². The number of ether oxygens (including phenoxy) is 4. The van der Waals surface area contributed by atoms with Crippen molar-refractivity contribution in [2.24, 2.45) is 0 Å². The van der Waals surface area contributed by atoms with Gasteiger partial charge in [0, 0.05) is 0 Å². The first-order valence-corrected chi connectivity index (χ1v) is 10.5. The van der Waals surface area contributed by atoms with Crippen molar-refractivity contribution in [3.63, 3.8) is 0 Å². The molecule has 2 heterocycles. The second-order valence-electron chi connectivity index (χ2n) is 6.23. The maximum atomic E-state index is 13.4. The van der Waals surface area contributed by atoms with Crippen molar-refractivity contribution in [1.29, 1.82) is 0 Å². The van der Waals surface area contributed by atoms with Crippen LogP contribution in [0, 0.1) is 58.2 Å². The first-order chi connectivity index (χ1) is 16.6. The Labute approximate surface area is 197 Å². The summed E-state index contributed by atoms with van der Waals surface area (Å²) in [5, 5.41) is 0. The van der Waals surface area contributed by atoms with Crippen molar-refractivity contribution >= 4 is 9.07 Å². The molecule has 0 radical (unpaired) electrons. The Balaban J connectivity index is 0.000000290. The van der Waals surface area contributed by atoms with Crippen LogP contribution in [0.1, 0.15) is 0 Å². The molecular formula is C20H16F10NiO4. The molecule has 0 unspecified atom stereocenters. The predicted molar refractivity (Wildman–Crippen MR) is 95.0 cm³/mol. The van der Waals surface area contributed by atoms with Gasteiger partial charge in [-0.25, -0.2) is 0 Å². The molecule has 200 valence electrons. The van der Waals surface area contributed by atoms with Crippen LogP contribution in [-0.4, -0.2) is 52.9 Å². The number of halogens is 10. The molecule has 2 aromatic carbocycles. The van der Waals surface area contributed by atoms with Crippen LogP contribution in [0.5, 0.6) is 0 Å². The number of rotatable bonds is 2. The summed E-state index contributed by atoms with van der Waals surface area (Å²) in [6.45, 7) is 6.22. The molecular weight excluding hydrogens is 553 g/mol. The molecule has 0 aliphatic carbocycles. The summed E-state index contributed by atoms with van der Waals surface area (Å²) >= 11 is -1.05. The maximum absolute atomic E-state index is 13.4. The van der Waals surface area contributed by atoms with Gasteiger partial charge in [0.1, 0.15) is 0 Å². The van der Waals surface area contributed by atoms with Gasteiger partial charge in [-0.15, -0.1) is 0 Å². The number of hydrogen-bond donors (Lipinski definition) is 0. The van der Waals surface area contributed by atoms with Crippen molar-refractivity contribution in [3.05, 3.63) is 58.2 Å². The fourth-order valence-corrected chi connectivity index (χ4v) is 3.34. The van der Waals surface area contributed by atoms with E-state index in [0.717, 1.165) is 52.9 Å². The van der Waals surface area contributed by atoms with E-state index in [4.69, 9.17) is 18.9 Å². The van der Waals surface area contributed by atoms with Crippen molar-refractivity contribution in [3.8, 4) is 0 Å². The zero-order valence-electron chi connectivity index (χ0n) is 17.4. The van der Waals surface area contributed by atoms with E-state index in [1.165, 1.54) is 0 Å². The molecule has 35 heavy (non-hydrogen) atoms. The summed E-state index contributed by atoms with van der Waals surface area (Å²) < 4.78 is 147. The van der Waals surface area contributed by atoms with Gasteiger partial charge in [-0.2, -0.15) is 0 Å². The molecule has 2 aliphatic rings. The van der Waals surface area contributed by atoms with Crippen molar-refractivity contribution in [2.75, 3.05) is 52.9 Å². The van der Waals surface area contributed by atoms with Crippen LogP contribution in [0.25, 0.3) is 0 Å². The van der Waals surface area contributed by atoms with Crippen LogP contribution in [0.3, 0.4) is 0 Å². The van der Waals surface area contributed by atoms with E-state index < -0.39 is 81.7 Å². The third kappa shape index (κ3) is 7.53. The molecule has 4 nitrogen and oxygen atoms in total. The molecule has 4 rings (SSSR count). The van der Waals surface area contributed by atoms with Crippen LogP contribution < -0.4 is 9.07 Å².